The lowest BCUT2D eigenvalue weighted by Gasteiger charge is -2.28. The van der Waals surface area contributed by atoms with Crippen molar-refractivity contribution in [2.45, 2.75) is 40.2 Å². The van der Waals surface area contributed by atoms with Crippen molar-refractivity contribution in [3.63, 3.8) is 0 Å². The van der Waals surface area contributed by atoms with E-state index in [1.807, 2.05) is 18.2 Å². The molecule has 0 saturated heterocycles. The molecule has 1 aromatic carbocycles. The number of rotatable bonds is 8. The van der Waals surface area contributed by atoms with Crippen LogP contribution in [0.2, 0.25) is 0 Å². The SMILES string of the molecule is CCC(C)(CCl)CC(C)COCc1ccccc1. The number of halogens is 1. The Hall–Kier alpha value is -0.530. The summed E-state index contributed by atoms with van der Waals surface area (Å²) in [6, 6.07) is 10.3. The maximum atomic E-state index is 6.04. The fourth-order valence-electron chi connectivity index (χ4n) is 2.15. The van der Waals surface area contributed by atoms with E-state index in [2.05, 4.69) is 32.9 Å². The highest BCUT2D eigenvalue weighted by Crippen LogP contribution is 2.31. The van der Waals surface area contributed by atoms with Crippen LogP contribution in [0.15, 0.2) is 30.3 Å². The summed E-state index contributed by atoms with van der Waals surface area (Å²) in [4.78, 5) is 0. The third-order valence-electron chi connectivity index (χ3n) is 3.53. The van der Waals surface area contributed by atoms with E-state index in [1.165, 1.54) is 5.56 Å². The second-order valence-electron chi connectivity index (χ2n) is 5.61. The summed E-state index contributed by atoms with van der Waals surface area (Å²) in [5, 5.41) is 0. The number of benzene rings is 1. The maximum Gasteiger partial charge on any atom is 0.0717 e. The molecule has 2 unspecified atom stereocenters. The van der Waals surface area contributed by atoms with Gasteiger partial charge in [0.2, 0.25) is 0 Å². The fraction of sp³-hybridized carbons (Fsp3) is 0.625. The smallest absolute Gasteiger partial charge is 0.0717 e. The van der Waals surface area contributed by atoms with Crippen LogP contribution in [0, 0.1) is 11.3 Å². The Morgan fingerprint density at radius 2 is 1.94 bits per heavy atom. The summed E-state index contributed by atoms with van der Waals surface area (Å²) in [6.45, 7) is 8.22. The summed E-state index contributed by atoms with van der Waals surface area (Å²) in [5.41, 5.74) is 1.48. The molecular weight excluding hydrogens is 244 g/mol. The summed E-state index contributed by atoms with van der Waals surface area (Å²) in [7, 11) is 0. The van der Waals surface area contributed by atoms with E-state index < -0.39 is 0 Å². The summed E-state index contributed by atoms with van der Waals surface area (Å²) < 4.78 is 5.77. The zero-order valence-corrected chi connectivity index (χ0v) is 12.5. The summed E-state index contributed by atoms with van der Waals surface area (Å²) >= 11 is 6.04. The standard InChI is InChI=1S/C16H25ClO/c1-4-16(3,13-17)10-14(2)11-18-12-15-8-6-5-7-9-15/h5-9,14H,4,10-13H2,1-3H3. The Morgan fingerprint density at radius 1 is 1.28 bits per heavy atom. The van der Waals surface area contributed by atoms with Gasteiger partial charge < -0.3 is 4.74 Å². The van der Waals surface area contributed by atoms with Crippen molar-refractivity contribution in [3.8, 4) is 0 Å². The monoisotopic (exact) mass is 268 g/mol. The van der Waals surface area contributed by atoms with Crippen LogP contribution in [0.3, 0.4) is 0 Å². The molecule has 2 atom stereocenters. The van der Waals surface area contributed by atoms with Crippen LogP contribution < -0.4 is 0 Å². The summed E-state index contributed by atoms with van der Waals surface area (Å²) in [5.74, 6) is 1.28. The third-order valence-corrected chi connectivity index (χ3v) is 4.18. The molecule has 0 heterocycles. The highest BCUT2D eigenvalue weighted by Gasteiger charge is 2.23. The van der Waals surface area contributed by atoms with Gasteiger partial charge in [0.15, 0.2) is 0 Å². The van der Waals surface area contributed by atoms with Crippen molar-refractivity contribution in [1.29, 1.82) is 0 Å². The number of hydrogen-bond acceptors (Lipinski definition) is 1. The minimum atomic E-state index is 0.247. The van der Waals surface area contributed by atoms with Crippen LogP contribution in [0.5, 0.6) is 0 Å². The first kappa shape index (κ1) is 15.5. The van der Waals surface area contributed by atoms with Gasteiger partial charge in [0.1, 0.15) is 0 Å². The van der Waals surface area contributed by atoms with Gasteiger partial charge in [-0.2, -0.15) is 0 Å². The molecule has 0 aliphatic carbocycles. The van der Waals surface area contributed by atoms with E-state index in [9.17, 15) is 0 Å². The van der Waals surface area contributed by atoms with E-state index in [1.54, 1.807) is 0 Å². The molecule has 0 fully saturated rings. The van der Waals surface area contributed by atoms with Gasteiger partial charge in [-0.15, -0.1) is 11.6 Å². The lowest BCUT2D eigenvalue weighted by Crippen LogP contribution is -2.22. The molecule has 0 aliphatic heterocycles. The van der Waals surface area contributed by atoms with Crippen molar-refractivity contribution in [1.82, 2.24) is 0 Å². The molecule has 0 amide bonds. The molecular formula is C16H25ClO. The largest absolute Gasteiger partial charge is 0.376 e. The van der Waals surface area contributed by atoms with Crippen molar-refractivity contribution >= 4 is 11.6 Å². The quantitative estimate of drug-likeness (QED) is 0.610. The predicted molar refractivity (Wildman–Crippen MR) is 79.0 cm³/mol. The van der Waals surface area contributed by atoms with E-state index >= 15 is 0 Å². The molecule has 1 rings (SSSR count). The topological polar surface area (TPSA) is 9.23 Å². The van der Waals surface area contributed by atoms with Gasteiger partial charge in [-0.05, 0) is 29.7 Å². The van der Waals surface area contributed by atoms with E-state index in [-0.39, 0.29) is 5.41 Å². The Balaban J connectivity index is 2.27. The van der Waals surface area contributed by atoms with Gasteiger partial charge in [-0.3, -0.25) is 0 Å². The van der Waals surface area contributed by atoms with Crippen LogP contribution in [0.4, 0.5) is 0 Å². The highest BCUT2D eigenvalue weighted by atomic mass is 35.5. The van der Waals surface area contributed by atoms with Gasteiger partial charge in [0.25, 0.3) is 0 Å². The molecule has 0 spiro atoms. The Kier molecular flexibility index (Phi) is 6.73. The predicted octanol–water partition coefficient (Wildman–Crippen LogP) is 4.88. The van der Waals surface area contributed by atoms with Crippen LogP contribution >= 0.6 is 11.6 Å². The molecule has 18 heavy (non-hydrogen) atoms. The molecule has 1 nitrogen and oxygen atoms in total. The van der Waals surface area contributed by atoms with Crippen molar-refractivity contribution in [2.75, 3.05) is 12.5 Å². The highest BCUT2D eigenvalue weighted by molar-refractivity contribution is 6.18. The second kappa shape index (κ2) is 7.81. The molecule has 102 valence electrons. The third kappa shape index (κ3) is 5.41. The first-order chi connectivity index (χ1) is 8.59. The van der Waals surface area contributed by atoms with Gasteiger partial charge in [0.05, 0.1) is 6.61 Å². The molecule has 0 N–H and O–H groups in total. The Morgan fingerprint density at radius 3 is 2.50 bits per heavy atom. The molecule has 2 heteroatoms. The zero-order chi connectivity index (χ0) is 13.4. The second-order valence-corrected chi connectivity index (χ2v) is 5.88. The van der Waals surface area contributed by atoms with E-state index in [0.29, 0.717) is 12.5 Å². The molecule has 1 aromatic rings. The molecule has 0 saturated carbocycles. The minimum absolute atomic E-state index is 0.247. The molecule has 0 radical (unpaired) electrons. The molecule has 0 bridgehead atoms. The van der Waals surface area contributed by atoms with Crippen LogP contribution in [0.25, 0.3) is 0 Å². The number of alkyl halides is 1. The van der Waals surface area contributed by atoms with Crippen LogP contribution in [-0.2, 0) is 11.3 Å². The lowest BCUT2D eigenvalue weighted by atomic mass is 9.81. The minimum Gasteiger partial charge on any atom is -0.376 e. The fourth-order valence-corrected chi connectivity index (χ4v) is 2.44. The summed E-state index contributed by atoms with van der Waals surface area (Å²) in [6.07, 6.45) is 2.25. The first-order valence-electron chi connectivity index (χ1n) is 6.77. The normalized spacial score (nSPS) is 16.2. The van der Waals surface area contributed by atoms with Crippen molar-refractivity contribution in [3.05, 3.63) is 35.9 Å². The molecule has 0 aliphatic rings. The maximum absolute atomic E-state index is 6.04. The Bertz CT molecular complexity index is 319. The van der Waals surface area contributed by atoms with Crippen LogP contribution in [0.1, 0.15) is 39.2 Å². The van der Waals surface area contributed by atoms with Gasteiger partial charge in [-0.1, -0.05) is 51.1 Å². The average molecular weight is 269 g/mol. The van der Waals surface area contributed by atoms with Crippen molar-refractivity contribution in [2.24, 2.45) is 11.3 Å². The van der Waals surface area contributed by atoms with Crippen molar-refractivity contribution < 1.29 is 4.74 Å². The van der Waals surface area contributed by atoms with E-state index in [0.717, 1.165) is 25.3 Å². The van der Waals surface area contributed by atoms with Crippen LogP contribution in [-0.4, -0.2) is 12.5 Å². The number of hydrogen-bond donors (Lipinski definition) is 0. The van der Waals surface area contributed by atoms with Gasteiger partial charge in [0, 0.05) is 12.5 Å². The molecule has 0 aromatic heterocycles. The average Bonchev–Trinajstić information content (AvgIpc) is 2.40. The zero-order valence-electron chi connectivity index (χ0n) is 11.8. The first-order valence-corrected chi connectivity index (χ1v) is 7.30. The van der Waals surface area contributed by atoms with E-state index in [4.69, 9.17) is 16.3 Å². The lowest BCUT2D eigenvalue weighted by molar-refractivity contribution is 0.0757. The van der Waals surface area contributed by atoms with Gasteiger partial charge in [-0.25, -0.2) is 0 Å². The number of ether oxygens (including phenoxy) is 1. The van der Waals surface area contributed by atoms with Gasteiger partial charge >= 0.3 is 0 Å². The Labute approximate surface area is 116 Å².